The van der Waals surface area contributed by atoms with Crippen LogP contribution in [-0.2, 0) is 0 Å². The van der Waals surface area contributed by atoms with Crippen molar-refractivity contribution in [2.24, 2.45) is 0 Å². The summed E-state index contributed by atoms with van der Waals surface area (Å²) in [6.07, 6.45) is 3.08. The van der Waals surface area contributed by atoms with Crippen LogP contribution in [0.5, 0.6) is 0 Å². The number of hydrogen-bond donors (Lipinski definition) is 2. The molecule has 0 saturated heterocycles. The topological polar surface area (TPSA) is 68.0 Å². The Morgan fingerprint density at radius 3 is 2.83 bits per heavy atom. The smallest absolute Gasteiger partial charge is 0.256 e. The van der Waals surface area contributed by atoms with Crippen LogP contribution < -0.4 is 11.1 Å². The SMILES string of the molecule is Cc1ccc(C(=O)Nc2ccncc2N)c(Br)c1. The van der Waals surface area contributed by atoms with Crippen molar-refractivity contribution in [1.82, 2.24) is 4.98 Å². The number of nitrogen functional groups attached to an aromatic ring is 1. The number of nitrogens with zero attached hydrogens (tertiary/aromatic N) is 1. The first-order chi connectivity index (χ1) is 8.58. The van der Waals surface area contributed by atoms with Crippen molar-refractivity contribution >= 4 is 33.2 Å². The van der Waals surface area contributed by atoms with Gasteiger partial charge in [0.2, 0.25) is 0 Å². The maximum absolute atomic E-state index is 12.1. The average Bonchev–Trinajstić information content (AvgIpc) is 2.32. The molecule has 18 heavy (non-hydrogen) atoms. The van der Waals surface area contributed by atoms with Gasteiger partial charge in [-0.15, -0.1) is 0 Å². The number of anilines is 2. The van der Waals surface area contributed by atoms with Gasteiger partial charge in [-0.3, -0.25) is 9.78 Å². The summed E-state index contributed by atoms with van der Waals surface area (Å²) in [6.45, 7) is 1.97. The van der Waals surface area contributed by atoms with Gasteiger partial charge in [0, 0.05) is 10.7 Å². The number of aryl methyl sites for hydroxylation is 1. The summed E-state index contributed by atoms with van der Waals surface area (Å²) in [4.78, 5) is 15.9. The second-order valence-electron chi connectivity index (χ2n) is 3.90. The Kier molecular flexibility index (Phi) is 3.62. The van der Waals surface area contributed by atoms with E-state index in [2.05, 4.69) is 26.2 Å². The number of aromatic nitrogens is 1. The molecule has 0 aliphatic rings. The molecule has 0 radical (unpaired) electrons. The van der Waals surface area contributed by atoms with Gasteiger partial charge in [0.25, 0.3) is 5.91 Å². The molecular formula is C13H12BrN3O. The lowest BCUT2D eigenvalue weighted by Crippen LogP contribution is -2.14. The molecule has 0 aliphatic carbocycles. The molecule has 3 N–H and O–H groups in total. The number of hydrogen-bond acceptors (Lipinski definition) is 3. The van der Waals surface area contributed by atoms with E-state index in [1.54, 1.807) is 18.3 Å². The van der Waals surface area contributed by atoms with Gasteiger partial charge in [0.15, 0.2) is 0 Å². The van der Waals surface area contributed by atoms with Gasteiger partial charge < -0.3 is 11.1 Å². The lowest BCUT2D eigenvalue weighted by molar-refractivity contribution is 0.102. The van der Waals surface area contributed by atoms with E-state index in [1.807, 2.05) is 19.1 Å². The first-order valence-corrected chi connectivity index (χ1v) is 6.14. The van der Waals surface area contributed by atoms with Crippen molar-refractivity contribution in [3.8, 4) is 0 Å². The molecule has 0 atom stereocenters. The predicted molar refractivity (Wildman–Crippen MR) is 75.5 cm³/mol. The highest BCUT2D eigenvalue weighted by Gasteiger charge is 2.11. The van der Waals surface area contributed by atoms with Crippen LogP contribution in [0.15, 0.2) is 41.1 Å². The van der Waals surface area contributed by atoms with Crippen molar-refractivity contribution in [3.05, 3.63) is 52.3 Å². The highest BCUT2D eigenvalue weighted by atomic mass is 79.9. The molecule has 0 bridgehead atoms. The van der Waals surface area contributed by atoms with Crippen LogP contribution in [0, 0.1) is 6.92 Å². The molecule has 0 spiro atoms. The Bertz CT molecular complexity index is 599. The summed E-state index contributed by atoms with van der Waals surface area (Å²) < 4.78 is 0.757. The average molecular weight is 306 g/mol. The molecule has 2 aromatic rings. The van der Waals surface area contributed by atoms with Crippen molar-refractivity contribution in [1.29, 1.82) is 0 Å². The van der Waals surface area contributed by atoms with Crippen molar-refractivity contribution in [2.45, 2.75) is 6.92 Å². The van der Waals surface area contributed by atoms with Gasteiger partial charge in [0.05, 0.1) is 23.1 Å². The number of carbonyl (C=O) groups excluding carboxylic acids is 1. The third-order valence-electron chi connectivity index (χ3n) is 2.47. The van der Waals surface area contributed by atoms with Crippen LogP contribution in [-0.4, -0.2) is 10.9 Å². The van der Waals surface area contributed by atoms with E-state index in [0.717, 1.165) is 10.0 Å². The normalized spacial score (nSPS) is 10.1. The maximum atomic E-state index is 12.1. The zero-order valence-electron chi connectivity index (χ0n) is 9.77. The van der Waals surface area contributed by atoms with E-state index >= 15 is 0 Å². The predicted octanol–water partition coefficient (Wildman–Crippen LogP) is 2.99. The number of nitrogens with two attached hydrogens (primary N) is 1. The lowest BCUT2D eigenvalue weighted by Gasteiger charge is -2.09. The van der Waals surface area contributed by atoms with Gasteiger partial charge in [-0.25, -0.2) is 0 Å². The second kappa shape index (κ2) is 5.18. The summed E-state index contributed by atoms with van der Waals surface area (Å²) in [5.41, 5.74) is 8.37. The molecule has 0 unspecified atom stereocenters. The minimum absolute atomic E-state index is 0.209. The summed E-state index contributed by atoms with van der Waals surface area (Å²) >= 11 is 3.38. The van der Waals surface area contributed by atoms with Gasteiger partial charge in [-0.05, 0) is 46.6 Å². The number of carbonyl (C=O) groups is 1. The van der Waals surface area contributed by atoms with E-state index in [1.165, 1.54) is 6.20 Å². The summed E-state index contributed by atoms with van der Waals surface area (Å²) in [5.74, 6) is -0.209. The first kappa shape index (κ1) is 12.6. The summed E-state index contributed by atoms with van der Waals surface area (Å²) in [5, 5.41) is 2.75. The number of pyridine rings is 1. The minimum Gasteiger partial charge on any atom is -0.396 e. The Balaban J connectivity index is 2.25. The number of benzene rings is 1. The van der Waals surface area contributed by atoms with Crippen LogP contribution in [0.1, 0.15) is 15.9 Å². The Hall–Kier alpha value is -1.88. The quantitative estimate of drug-likeness (QED) is 0.896. The number of nitrogens with one attached hydrogen (secondary N) is 1. The molecule has 0 aliphatic heterocycles. The van der Waals surface area contributed by atoms with Gasteiger partial charge >= 0.3 is 0 Å². The fourth-order valence-corrected chi connectivity index (χ4v) is 2.19. The van der Waals surface area contributed by atoms with E-state index in [9.17, 15) is 4.79 Å². The molecule has 92 valence electrons. The van der Waals surface area contributed by atoms with Crippen LogP contribution in [0.3, 0.4) is 0 Å². The summed E-state index contributed by atoms with van der Waals surface area (Å²) in [7, 11) is 0. The number of rotatable bonds is 2. The standard InChI is InChI=1S/C13H12BrN3O/c1-8-2-3-9(10(14)6-8)13(18)17-12-4-5-16-7-11(12)15/h2-7H,15H2,1H3,(H,16,17,18). The van der Waals surface area contributed by atoms with Gasteiger partial charge in [-0.2, -0.15) is 0 Å². The second-order valence-corrected chi connectivity index (χ2v) is 4.75. The molecule has 4 nitrogen and oxygen atoms in total. The molecule has 1 aromatic heterocycles. The van der Waals surface area contributed by atoms with Crippen LogP contribution in [0.2, 0.25) is 0 Å². The first-order valence-electron chi connectivity index (χ1n) is 5.35. The van der Waals surface area contributed by atoms with Crippen LogP contribution in [0.4, 0.5) is 11.4 Å². The fourth-order valence-electron chi connectivity index (χ4n) is 1.51. The summed E-state index contributed by atoms with van der Waals surface area (Å²) in [6, 6.07) is 7.21. The van der Waals surface area contributed by atoms with Crippen LogP contribution in [0.25, 0.3) is 0 Å². The number of amides is 1. The van der Waals surface area contributed by atoms with E-state index in [-0.39, 0.29) is 5.91 Å². The Morgan fingerprint density at radius 1 is 1.39 bits per heavy atom. The zero-order chi connectivity index (χ0) is 13.1. The van der Waals surface area contributed by atoms with Crippen molar-refractivity contribution in [3.63, 3.8) is 0 Å². The third kappa shape index (κ3) is 2.68. The highest BCUT2D eigenvalue weighted by molar-refractivity contribution is 9.10. The minimum atomic E-state index is -0.209. The van der Waals surface area contributed by atoms with Crippen molar-refractivity contribution < 1.29 is 4.79 Å². The van der Waals surface area contributed by atoms with Crippen molar-refractivity contribution in [2.75, 3.05) is 11.1 Å². The fraction of sp³-hybridized carbons (Fsp3) is 0.0769. The molecule has 1 aromatic carbocycles. The molecule has 5 heteroatoms. The lowest BCUT2D eigenvalue weighted by atomic mass is 10.1. The van der Waals surface area contributed by atoms with Crippen LogP contribution >= 0.6 is 15.9 Å². The highest BCUT2D eigenvalue weighted by Crippen LogP contribution is 2.21. The molecular weight excluding hydrogens is 294 g/mol. The molecule has 1 amide bonds. The molecule has 0 fully saturated rings. The molecule has 2 rings (SSSR count). The van der Waals surface area contributed by atoms with Gasteiger partial charge in [0.1, 0.15) is 0 Å². The zero-order valence-corrected chi connectivity index (χ0v) is 11.4. The molecule has 0 saturated carbocycles. The Morgan fingerprint density at radius 2 is 2.17 bits per heavy atom. The monoisotopic (exact) mass is 305 g/mol. The van der Waals surface area contributed by atoms with E-state index < -0.39 is 0 Å². The van der Waals surface area contributed by atoms with E-state index in [4.69, 9.17) is 5.73 Å². The molecule has 1 heterocycles. The van der Waals surface area contributed by atoms with E-state index in [0.29, 0.717) is 16.9 Å². The Labute approximate surface area is 113 Å². The van der Waals surface area contributed by atoms with Gasteiger partial charge in [-0.1, -0.05) is 6.07 Å². The third-order valence-corrected chi connectivity index (χ3v) is 3.13. The largest absolute Gasteiger partial charge is 0.396 e. The maximum Gasteiger partial charge on any atom is 0.256 e. The number of halogens is 1.